The molecule has 12 heteroatoms. The fourth-order valence-corrected chi connectivity index (χ4v) is 2.80. The van der Waals surface area contributed by atoms with Crippen LogP contribution in [0.25, 0.3) is 0 Å². The van der Waals surface area contributed by atoms with Crippen LogP contribution in [0.4, 0.5) is 0 Å². The first kappa shape index (κ1) is 21.4. The summed E-state index contributed by atoms with van der Waals surface area (Å²) in [5.41, 5.74) is 0. The molecule has 9 N–H and O–H groups in total. The van der Waals surface area contributed by atoms with Crippen LogP contribution in [0.3, 0.4) is 0 Å². The number of ether oxygens (including phenoxy) is 2. The molecule has 26 heavy (non-hydrogen) atoms. The Bertz CT molecular complexity index is 491. The molecule has 2 fully saturated rings. The number of nitrogens with zero attached hydrogens (tertiary/aromatic N) is 1. The van der Waals surface area contributed by atoms with Gasteiger partial charge in [0.15, 0.2) is 0 Å². The van der Waals surface area contributed by atoms with Crippen LogP contribution >= 0.6 is 0 Å². The van der Waals surface area contributed by atoms with Gasteiger partial charge >= 0.3 is 0 Å². The van der Waals surface area contributed by atoms with E-state index in [1.165, 1.54) is 0 Å². The second-order valence-corrected chi connectivity index (χ2v) is 6.31. The number of nitriles is 1. The molecule has 2 saturated heterocycles. The lowest BCUT2D eigenvalue weighted by Crippen LogP contribution is -2.64. The highest BCUT2D eigenvalue weighted by Gasteiger charge is 2.43. The van der Waals surface area contributed by atoms with Crippen molar-refractivity contribution in [1.29, 1.82) is 5.26 Å². The molecular formula is C14H25N3O9. The smallest absolute Gasteiger partial charge is 0.138 e. The second kappa shape index (κ2) is 9.31. The summed E-state index contributed by atoms with van der Waals surface area (Å²) in [6, 6.07) is 0.934. The summed E-state index contributed by atoms with van der Waals surface area (Å²) in [5.74, 6) is 0. The zero-order chi connectivity index (χ0) is 19.4. The SMILES string of the molecule is N#C[C@@H](CN[C@@H]1O[C@H](CO)[C@@H](O)[C@H](O)[C@H]1O)N[C@@H]1OC[C@H](O)[C@H](O)[C@H]1O. The third-order valence-electron chi connectivity index (χ3n) is 4.44. The second-order valence-electron chi connectivity index (χ2n) is 6.31. The lowest BCUT2D eigenvalue weighted by Gasteiger charge is -2.41. The third-order valence-corrected chi connectivity index (χ3v) is 4.44. The van der Waals surface area contributed by atoms with Crippen LogP contribution in [0.2, 0.25) is 0 Å². The van der Waals surface area contributed by atoms with Gasteiger partial charge in [-0.15, -0.1) is 0 Å². The Morgan fingerprint density at radius 2 is 1.62 bits per heavy atom. The van der Waals surface area contributed by atoms with E-state index in [0.29, 0.717) is 0 Å². The molecule has 0 aromatic heterocycles. The van der Waals surface area contributed by atoms with Crippen LogP contribution in [-0.4, -0.2) is 117 Å². The van der Waals surface area contributed by atoms with Crippen molar-refractivity contribution >= 4 is 0 Å². The van der Waals surface area contributed by atoms with Crippen molar-refractivity contribution in [3.8, 4) is 6.07 Å². The number of nitrogens with one attached hydrogen (secondary N) is 2. The van der Waals surface area contributed by atoms with Gasteiger partial charge in [0.2, 0.25) is 0 Å². The molecule has 0 bridgehead atoms. The Kier molecular flexibility index (Phi) is 7.64. The van der Waals surface area contributed by atoms with Crippen LogP contribution in [0.5, 0.6) is 0 Å². The third kappa shape index (κ3) is 4.66. The molecule has 0 aromatic carbocycles. The largest absolute Gasteiger partial charge is 0.394 e. The van der Waals surface area contributed by atoms with Gasteiger partial charge in [-0.1, -0.05) is 0 Å². The average molecular weight is 379 g/mol. The highest BCUT2D eigenvalue weighted by molar-refractivity contribution is 4.97. The van der Waals surface area contributed by atoms with Crippen molar-refractivity contribution in [2.45, 2.75) is 61.2 Å². The molecule has 0 aromatic rings. The first-order valence-electron chi connectivity index (χ1n) is 8.15. The number of aliphatic hydroxyl groups is 7. The number of aliphatic hydroxyl groups excluding tert-OH is 7. The molecule has 0 aliphatic carbocycles. The number of hydrogen-bond acceptors (Lipinski definition) is 12. The molecule has 2 rings (SSSR count). The van der Waals surface area contributed by atoms with E-state index in [4.69, 9.17) is 14.6 Å². The van der Waals surface area contributed by atoms with Gasteiger partial charge in [0.1, 0.15) is 61.2 Å². The Morgan fingerprint density at radius 1 is 0.962 bits per heavy atom. The summed E-state index contributed by atoms with van der Waals surface area (Å²) >= 11 is 0. The summed E-state index contributed by atoms with van der Waals surface area (Å²) in [7, 11) is 0. The van der Waals surface area contributed by atoms with Gasteiger partial charge in [-0.25, -0.2) is 0 Å². The first-order valence-corrected chi connectivity index (χ1v) is 8.15. The Labute approximate surface area is 149 Å². The van der Waals surface area contributed by atoms with Crippen molar-refractivity contribution in [2.24, 2.45) is 0 Å². The first-order chi connectivity index (χ1) is 12.3. The monoisotopic (exact) mass is 379 g/mol. The molecule has 0 amide bonds. The molecule has 0 unspecified atom stereocenters. The highest BCUT2D eigenvalue weighted by Crippen LogP contribution is 2.20. The Morgan fingerprint density at radius 3 is 2.23 bits per heavy atom. The molecule has 2 aliphatic rings. The Hall–Kier alpha value is -0.950. The van der Waals surface area contributed by atoms with Crippen molar-refractivity contribution in [2.75, 3.05) is 19.8 Å². The van der Waals surface area contributed by atoms with Crippen molar-refractivity contribution < 1.29 is 45.2 Å². The number of rotatable bonds is 6. The van der Waals surface area contributed by atoms with Gasteiger partial charge < -0.3 is 45.2 Å². The van der Waals surface area contributed by atoms with Crippen LogP contribution in [0.1, 0.15) is 0 Å². The van der Waals surface area contributed by atoms with Gasteiger partial charge in [-0.3, -0.25) is 10.6 Å². The van der Waals surface area contributed by atoms with E-state index in [1.54, 1.807) is 0 Å². The Balaban J connectivity index is 1.89. The predicted octanol–water partition coefficient (Wildman–Crippen LogP) is -5.70. The van der Waals surface area contributed by atoms with Crippen molar-refractivity contribution in [1.82, 2.24) is 10.6 Å². The van der Waals surface area contributed by atoms with Crippen LogP contribution < -0.4 is 10.6 Å². The number of hydrogen-bond donors (Lipinski definition) is 9. The van der Waals surface area contributed by atoms with E-state index < -0.39 is 67.8 Å². The van der Waals surface area contributed by atoms with Crippen LogP contribution in [0.15, 0.2) is 0 Å². The van der Waals surface area contributed by atoms with E-state index in [2.05, 4.69) is 10.6 Å². The fourth-order valence-electron chi connectivity index (χ4n) is 2.80. The van der Waals surface area contributed by atoms with Crippen molar-refractivity contribution in [3.63, 3.8) is 0 Å². The predicted molar refractivity (Wildman–Crippen MR) is 82.1 cm³/mol. The summed E-state index contributed by atoms with van der Waals surface area (Å²) in [5, 5.41) is 81.9. The van der Waals surface area contributed by atoms with Gasteiger partial charge in [0, 0.05) is 6.54 Å². The van der Waals surface area contributed by atoms with Crippen molar-refractivity contribution in [3.05, 3.63) is 0 Å². The van der Waals surface area contributed by atoms with Crippen LogP contribution in [-0.2, 0) is 9.47 Å². The standard InChI is InChI=1S/C14H25N3O9/c15-1-5(17-14-11(23)8(20)6(19)4-25-14)2-16-13-12(24)10(22)9(21)7(3-18)26-13/h5-14,16-24H,2-4H2/t5-,6-,7+,8-,9+,10-,11+,12+,13+,14+/m0/s1. The van der Waals surface area contributed by atoms with Crippen LogP contribution in [0, 0.1) is 11.3 Å². The van der Waals surface area contributed by atoms with E-state index >= 15 is 0 Å². The zero-order valence-corrected chi connectivity index (χ0v) is 13.8. The van der Waals surface area contributed by atoms with E-state index in [1.807, 2.05) is 6.07 Å². The summed E-state index contributed by atoms with van der Waals surface area (Å²) < 4.78 is 10.4. The average Bonchev–Trinajstić information content (AvgIpc) is 2.64. The van der Waals surface area contributed by atoms with Gasteiger partial charge in [0.05, 0.1) is 19.3 Å². The zero-order valence-electron chi connectivity index (χ0n) is 13.8. The lowest BCUT2D eigenvalue weighted by molar-refractivity contribution is -0.236. The van der Waals surface area contributed by atoms with E-state index in [9.17, 15) is 35.9 Å². The topological polar surface area (TPSA) is 208 Å². The molecule has 10 atom stereocenters. The minimum absolute atomic E-state index is 0.121. The van der Waals surface area contributed by atoms with E-state index in [0.717, 1.165) is 0 Å². The lowest BCUT2D eigenvalue weighted by atomic mass is 9.98. The molecule has 12 nitrogen and oxygen atoms in total. The minimum Gasteiger partial charge on any atom is -0.394 e. The van der Waals surface area contributed by atoms with Gasteiger partial charge in [-0.05, 0) is 0 Å². The molecule has 150 valence electrons. The maximum absolute atomic E-state index is 9.93. The molecule has 2 heterocycles. The molecule has 0 radical (unpaired) electrons. The summed E-state index contributed by atoms with van der Waals surface area (Å²) in [6.07, 6.45) is -12.0. The van der Waals surface area contributed by atoms with Gasteiger partial charge in [0.25, 0.3) is 0 Å². The molecule has 2 aliphatic heterocycles. The van der Waals surface area contributed by atoms with Gasteiger partial charge in [-0.2, -0.15) is 5.26 Å². The molecular weight excluding hydrogens is 354 g/mol. The fraction of sp³-hybridized carbons (Fsp3) is 0.929. The maximum atomic E-state index is 9.93. The molecule has 0 spiro atoms. The maximum Gasteiger partial charge on any atom is 0.138 e. The van der Waals surface area contributed by atoms with E-state index in [-0.39, 0.29) is 13.2 Å². The summed E-state index contributed by atoms with van der Waals surface area (Å²) in [6.45, 7) is -0.927. The normalized spacial score (nSPS) is 45.1. The molecule has 0 saturated carbocycles. The highest BCUT2D eigenvalue weighted by atomic mass is 16.6. The minimum atomic E-state index is -1.55. The quantitative estimate of drug-likeness (QED) is 0.211. The summed E-state index contributed by atoms with van der Waals surface area (Å²) in [4.78, 5) is 0.